The highest BCUT2D eigenvalue weighted by atomic mass is 16.5. The number of anilines is 1. The van der Waals surface area contributed by atoms with Crippen LogP contribution in [0, 0.1) is 0 Å². The predicted molar refractivity (Wildman–Crippen MR) is 110 cm³/mol. The second-order valence-corrected chi connectivity index (χ2v) is 6.54. The quantitative estimate of drug-likeness (QED) is 0.585. The average Bonchev–Trinajstić information content (AvgIpc) is 3.45. The van der Waals surface area contributed by atoms with Gasteiger partial charge in [-0.15, -0.1) is 0 Å². The molecule has 0 amide bonds. The predicted octanol–water partition coefficient (Wildman–Crippen LogP) is 3.81. The van der Waals surface area contributed by atoms with Crippen molar-refractivity contribution in [1.29, 1.82) is 0 Å². The normalized spacial score (nSPS) is 13.4. The molecular formula is C21H23N5O2. The van der Waals surface area contributed by atoms with E-state index in [1.54, 1.807) is 26.9 Å². The second-order valence-electron chi connectivity index (χ2n) is 6.54. The van der Waals surface area contributed by atoms with E-state index in [0.717, 1.165) is 52.3 Å². The Balaban J connectivity index is 0.000000137. The monoisotopic (exact) mass is 377 g/mol. The van der Waals surface area contributed by atoms with Crippen molar-refractivity contribution in [2.75, 3.05) is 32.2 Å². The van der Waals surface area contributed by atoms with Crippen LogP contribution in [0.15, 0.2) is 49.1 Å². The second kappa shape index (κ2) is 8.12. The zero-order valence-corrected chi connectivity index (χ0v) is 16.1. The number of H-pyrrole nitrogens is 1. The number of fused-ring (bicyclic) bond motifs is 2. The highest BCUT2D eigenvalue weighted by Gasteiger charge is 2.17. The van der Waals surface area contributed by atoms with Crippen molar-refractivity contribution in [3.63, 3.8) is 0 Å². The molecule has 1 aliphatic rings. The number of aromatic amines is 1. The van der Waals surface area contributed by atoms with Gasteiger partial charge in [0.25, 0.3) is 0 Å². The molecule has 0 saturated carbocycles. The van der Waals surface area contributed by atoms with Crippen molar-refractivity contribution in [3.05, 3.63) is 49.1 Å². The Morgan fingerprint density at radius 2 is 1.82 bits per heavy atom. The van der Waals surface area contributed by atoms with E-state index in [2.05, 4.69) is 30.9 Å². The summed E-state index contributed by atoms with van der Waals surface area (Å²) in [5, 5.41) is 2.24. The van der Waals surface area contributed by atoms with Crippen molar-refractivity contribution in [2.45, 2.75) is 12.8 Å². The lowest BCUT2D eigenvalue weighted by Crippen LogP contribution is -2.19. The van der Waals surface area contributed by atoms with Crippen LogP contribution < -0.4 is 14.4 Å². The molecule has 1 fully saturated rings. The Bertz CT molecular complexity index is 1070. The molecule has 7 heteroatoms. The van der Waals surface area contributed by atoms with E-state index < -0.39 is 0 Å². The Labute approximate surface area is 163 Å². The first-order valence-electron chi connectivity index (χ1n) is 9.30. The first kappa shape index (κ1) is 18.0. The third-order valence-electron chi connectivity index (χ3n) is 4.88. The van der Waals surface area contributed by atoms with E-state index in [4.69, 9.17) is 9.47 Å². The molecule has 5 rings (SSSR count). The minimum Gasteiger partial charge on any atom is -0.497 e. The molecule has 0 aliphatic carbocycles. The van der Waals surface area contributed by atoms with Gasteiger partial charge in [-0.1, -0.05) is 18.2 Å². The highest BCUT2D eigenvalue weighted by molar-refractivity contribution is 5.89. The largest absolute Gasteiger partial charge is 0.497 e. The lowest BCUT2D eigenvalue weighted by Gasteiger charge is -2.15. The molecule has 1 aliphatic heterocycles. The lowest BCUT2D eigenvalue weighted by atomic mass is 10.1. The molecule has 7 nitrogen and oxygen atoms in total. The maximum atomic E-state index is 5.27. The van der Waals surface area contributed by atoms with Crippen molar-refractivity contribution in [1.82, 2.24) is 19.9 Å². The van der Waals surface area contributed by atoms with Crippen LogP contribution in [0.5, 0.6) is 11.5 Å². The fraction of sp³-hybridized carbons (Fsp3) is 0.286. The molecule has 4 aromatic rings. The van der Waals surface area contributed by atoms with Gasteiger partial charge in [-0.25, -0.2) is 15.0 Å². The third kappa shape index (κ3) is 3.55. The van der Waals surface area contributed by atoms with Gasteiger partial charge in [0.1, 0.15) is 23.3 Å². The van der Waals surface area contributed by atoms with Gasteiger partial charge in [0.05, 0.1) is 20.5 Å². The Morgan fingerprint density at radius 1 is 0.964 bits per heavy atom. The number of benzene rings is 2. The molecule has 28 heavy (non-hydrogen) atoms. The number of hydrogen-bond donors (Lipinski definition) is 1. The number of nitrogens with zero attached hydrogens (tertiary/aromatic N) is 4. The number of imidazole rings is 1. The van der Waals surface area contributed by atoms with Gasteiger partial charge in [0.15, 0.2) is 11.5 Å². The average molecular weight is 377 g/mol. The van der Waals surface area contributed by atoms with E-state index in [0.29, 0.717) is 0 Å². The van der Waals surface area contributed by atoms with E-state index in [1.165, 1.54) is 12.8 Å². The number of rotatable bonds is 3. The van der Waals surface area contributed by atoms with Gasteiger partial charge in [0, 0.05) is 18.5 Å². The zero-order valence-electron chi connectivity index (χ0n) is 16.1. The minimum atomic E-state index is 0.752. The van der Waals surface area contributed by atoms with Crippen LogP contribution in [0.2, 0.25) is 0 Å². The van der Waals surface area contributed by atoms with Gasteiger partial charge in [-0.3, -0.25) is 0 Å². The summed E-state index contributed by atoms with van der Waals surface area (Å²) in [6.07, 6.45) is 5.75. The first-order chi connectivity index (χ1) is 13.8. The zero-order chi connectivity index (χ0) is 19.3. The van der Waals surface area contributed by atoms with Crippen molar-refractivity contribution < 1.29 is 9.47 Å². The highest BCUT2D eigenvalue weighted by Crippen LogP contribution is 2.28. The van der Waals surface area contributed by atoms with Crippen LogP contribution in [0.3, 0.4) is 0 Å². The fourth-order valence-corrected chi connectivity index (χ4v) is 3.45. The van der Waals surface area contributed by atoms with Crippen LogP contribution in [0.4, 0.5) is 5.82 Å². The number of aromatic nitrogens is 4. The first-order valence-corrected chi connectivity index (χ1v) is 9.30. The van der Waals surface area contributed by atoms with E-state index in [-0.39, 0.29) is 0 Å². The summed E-state index contributed by atoms with van der Waals surface area (Å²) in [6, 6.07) is 11.9. The molecule has 0 unspecified atom stereocenters. The van der Waals surface area contributed by atoms with Crippen molar-refractivity contribution in [3.8, 4) is 11.5 Å². The smallest absolute Gasteiger partial charge is 0.182 e. The molecule has 0 radical (unpaired) electrons. The van der Waals surface area contributed by atoms with Gasteiger partial charge in [-0.2, -0.15) is 0 Å². The molecule has 2 aromatic heterocycles. The Morgan fingerprint density at radius 3 is 2.61 bits per heavy atom. The molecular weight excluding hydrogens is 354 g/mol. The SMILES string of the molecule is COc1ccc2cccc(OC)c2c1.c1nc(N2CCCC2)c2[nH]cnc2n1. The van der Waals surface area contributed by atoms with Crippen LogP contribution in [-0.2, 0) is 0 Å². The van der Waals surface area contributed by atoms with Gasteiger partial charge >= 0.3 is 0 Å². The topological polar surface area (TPSA) is 76.2 Å². The molecule has 1 N–H and O–H groups in total. The number of hydrogen-bond acceptors (Lipinski definition) is 6. The third-order valence-corrected chi connectivity index (χ3v) is 4.88. The van der Waals surface area contributed by atoms with Gasteiger partial charge in [0.2, 0.25) is 0 Å². The van der Waals surface area contributed by atoms with Crippen LogP contribution in [0.25, 0.3) is 21.9 Å². The van der Waals surface area contributed by atoms with Gasteiger partial charge < -0.3 is 19.4 Å². The summed E-state index contributed by atoms with van der Waals surface area (Å²) in [6.45, 7) is 2.18. The van der Waals surface area contributed by atoms with Crippen LogP contribution in [0.1, 0.15) is 12.8 Å². The number of nitrogens with one attached hydrogen (secondary N) is 1. The Hall–Kier alpha value is -3.35. The van der Waals surface area contributed by atoms with Crippen LogP contribution >= 0.6 is 0 Å². The maximum Gasteiger partial charge on any atom is 0.182 e. The Kier molecular flexibility index (Phi) is 5.23. The van der Waals surface area contributed by atoms with Crippen molar-refractivity contribution in [2.24, 2.45) is 0 Å². The summed E-state index contributed by atoms with van der Waals surface area (Å²) in [5.74, 6) is 2.72. The van der Waals surface area contributed by atoms with Crippen molar-refractivity contribution >= 4 is 27.8 Å². The molecule has 0 spiro atoms. The molecule has 144 valence electrons. The number of methoxy groups -OCH3 is 2. The minimum absolute atomic E-state index is 0.752. The molecule has 0 bridgehead atoms. The maximum absolute atomic E-state index is 5.27. The number of ether oxygens (including phenoxy) is 2. The van der Waals surface area contributed by atoms with Crippen LogP contribution in [-0.4, -0.2) is 47.2 Å². The fourth-order valence-electron chi connectivity index (χ4n) is 3.45. The standard InChI is InChI=1S/C12H12O2.C9H11N5/c1-13-10-7-6-9-4-3-5-12(14-2)11(9)8-10;1-2-4-14(3-1)9-7-8(11-5-10-7)12-6-13-9/h3-8H,1-2H3;5-6H,1-4H2,(H,10,11,12,13). The summed E-state index contributed by atoms with van der Waals surface area (Å²) in [5.41, 5.74) is 1.70. The molecule has 1 saturated heterocycles. The lowest BCUT2D eigenvalue weighted by molar-refractivity contribution is 0.412. The summed E-state index contributed by atoms with van der Waals surface area (Å²) >= 11 is 0. The van der Waals surface area contributed by atoms with E-state index in [1.807, 2.05) is 30.3 Å². The van der Waals surface area contributed by atoms with Gasteiger partial charge in [-0.05, 0) is 36.4 Å². The molecule has 2 aromatic carbocycles. The van der Waals surface area contributed by atoms with E-state index in [9.17, 15) is 0 Å². The summed E-state index contributed by atoms with van der Waals surface area (Å²) in [4.78, 5) is 17.9. The molecule has 3 heterocycles. The summed E-state index contributed by atoms with van der Waals surface area (Å²) < 4.78 is 10.4. The molecule has 0 atom stereocenters. The summed E-state index contributed by atoms with van der Waals surface area (Å²) in [7, 11) is 3.34. The van der Waals surface area contributed by atoms with E-state index >= 15 is 0 Å².